The molecule has 2 fully saturated rings. The fourth-order valence-corrected chi connectivity index (χ4v) is 5.77. The SMILES string of the molecule is C[C@@H]1CCC(=N)N1C(=N)C1=CC=CC(C)(NC(=O)c2cc3c(cn2)CCN(C(=O)OC2CCCC2)C3)C1.[HH]. The van der Waals surface area contributed by atoms with Gasteiger partial charge in [0.25, 0.3) is 5.91 Å². The normalized spacial score (nSPS) is 25.6. The predicted molar refractivity (Wildman–Crippen MR) is 143 cm³/mol. The van der Waals surface area contributed by atoms with E-state index in [1.54, 1.807) is 22.1 Å². The van der Waals surface area contributed by atoms with Gasteiger partial charge in [0.1, 0.15) is 23.5 Å². The predicted octanol–water partition coefficient (Wildman–Crippen LogP) is 4.58. The molecule has 9 nitrogen and oxygen atoms in total. The van der Waals surface area contributed by atoms with Crippen molar-refractivity contribution in [3.05, 3.63) is 52.9 Å². The average molecular weight is 507 g/mol. The number of nitrogens with zero attached hydrogens (tertiary/aromatic N) is 3. The lowest BCUT2D eigenvalue weighted by molar-refractivity contribution is 0.0618. The number of rotatable bonds is 4. The zero-order valence-corrected chi connectivity index (χ0v) is 21.7. The Balaban J connectivity index is 0.00000336. The smallest absolute Gasteiger partial charge is 0.410 e. The summed E-state index contributed by atoms with van der Waals surface area (Å²) in [5, 5.41) is 20.0. The van der Waals surface area contributed by atoms with Crippen molar-refractivity contribution >= 4 is 23.7 Å². The van der Waals surface area contributed by atoms with Crippen molar-refractivity contribution in [2.75, 3.05) is 6.54 Å². The standard InChI is InChI=1S/C28H36N6O3.H2/c1-18-9-10-24(29)34(18)25(30)19-6-5-12-28(2,15-19)32-26(35)23-14-21-17-33(13-11-20(21)16-31-23)27(36)37-22-7-3-4-8-22;/h5-6,12,14,16,18,22,29-30H,3-4,7-11,13,15,17H2,1-2H3,(H,32,35);1H/t18-,28?;/m1./s1. The van der Waals surface area contributed by atoms with Gasteiger partial charge in [-0.2, -0.15) is 0 Å². The number of nitrogens with one attached hydrogen (secondary N) is 3. The highest BCUT2D eigenvalue weighted by atomic mass is 16.6. The van der Waals surface area contributed by atoms with E-state index in [0.29, 0.717) is 49.7 Å². The molecule has 1 unspecified atom stereocenters. The second-order valence-electron chi connectivity index (χ2n) is 11.0. The van der Waals surface area contributed by atoms with Gasteiger partial charge in [-0.25, -0.2) is 4.79 Å². The Morgan fingerprint density at radius 3 is 2.73 bits per heavy atom. The summed E-state index contributed by atoms with van der Waals surface area (Å²) >= 11 is 0. The number of carbonyl (C=O) groups is 2. The second-order valence-corrected chi connectivity index (χ2v) is 11.0. The molecule has 2 amide bonds. The third-order valence-corrected chi connectivity index (χ3v) is 7.95. The van der Waals surface area contributed by atoms with Crippen LogP contribution in [0.25, 0.3) is 0 Å². The van der Waals surface area contributed by atoms with E-state index in [2.05, 4.69) is 10.3 Å². The molecule has 198 valence electrons. The summed E-state index contributed by atoms with van der Waals surface area (Å²) in [7, 11) is 0. The highest BCUT2D eigenvalue weighted by Crippen LogP contribution is 2.29. The number of carbonyl (C=O) groups excluding carboxylic acids is 2. The van der Waals surface area contributed by atoms with Crippen LogP contribution in [-0.4, -0.2) is 62.7 Å². The monoisotopic (exact) mass is 506 g/mol. The van der Waals surface area contributed by atoms with E-state index in [4.69, 9.17) is 15.6 Å². The molecule has 5 rings (SSSR count). The fraction of sp³-hybridized carbons (Fsp3) is 0.536. The molecule has 0 radical (unpaired) electrons. The summed E-state index contributed by atoms with van der Waals surface area (Å²) in [6, 6.07) is 1.91. The van der Waals surface area contributed by atoms with E-state index in [1.807, 2.05) is 32.1 Å². The van der Waals surface area contributed by atoms with Gasteiger partial charge in [-0.3, -0.25) is 20.6 Å². The molecule has 2 aliphatic carbocycles. The maximum absolute atomic E-state index is 13.3. The van der Waals surface area contributed by atoms with Gasteiger partial charge in [0.15, 0.2) is 0 Å². The fourth-order valence-electron chi connectivity index (χ4n) is 5.77. The number of aromatic nitrogens is 1. The molecule has 1 saturated carbocycles. The first-order valence-corrected chi connectivity index (χ1v) is 13.3. The minimum absolute atomic E-state index is 0. The van der Waals surface area contributed by atoms with Crippen molar-refractivity contribution in [2.45, 2.75) is 89.4 Å². The lowest BCUT2D eigenvalue weighted by Gasteiger charge is -2.34. The summed E-state index contributed by atoms with van der Waals surface area (Å²) in [6.45, 7) is 4.96. The average Bonchev–Trinajstić information content (AvgIpc) is 3.51. The third kappa shape index (κ3) is 5.31. The molecule has 2 atom stereocenters. The lowest BCUT2D eigenvalue weighted by Crippen LogP contribution is -2.47. The topological polar surface area (TPSA) is 122 Å². The third-order valence-electron chi connectivity index (χ3n) is 7.95. The number of likely N-dealkylation sites (tertiary alicyclic amines) is 1. The van der Waals surface area contributed by atoms with Crippen LogP contribution < -0.4 is 5.32 Å². The molecule has 2 aliphatic heterocycles. The molecule has 9 heteroatoms. The second kappa shape index (κ2) is 10.1. The van der Waals surface area contributed by atoms with Crippen LogP contribution in [0.3, 0.4) is 0 Å². The molecule has 37 heavy (non-hydrogen) atoms. The largest absolute Gasteiger partial charge is 0.446 e. The van der Waals surface area contributed by atoms with Crippen LogP contribution in [0.2, 0.25) is 0 Å². The Morgan fingerprint density at radius 1 is 1.22 bits per heavy atom. The first kappa shape index (κ1) is 25.2. The van der Waals surface area contributed by atoms with Gasteiger partial charge in [-0.15, -0.1) is 0 Å². The van der Waals surface area contributed by atoms with Gasteiger partial charge < -0.3 is 19.9 Å². The Kier molecular flexibility index (Phi) is 6.88. The molecule has 0 bridgehead atoms. The Bertz CT molecular complexity index is 1190. The quantitative estimate of drug-likeness (QED) is 0.408. The molecule has 1 aromatic rings. The van der Waals surface area contributed by atoms with Crippen LogP contribution in [0.4, 0.5) is 4.79 Å². The summed E-state index contributed by atoms with van der Waals surface area (Å²) in [5.41, 5.74) is 2.38. The number of fused-ring (bicyclic) bond motifs is 1. The molecular weight excluding hydrogens is 468 g/mol. The zero-order chi connectivity index (χ0) is 26.2. The summed E-state index contributed by atoms with van der Waals surface area (Å²) in [6.07, 6.45) is 14.0. The van der Waals surface area contributed by atoms with E-state index < -0.39 is 5.54 Å². The van der Waals surface area contributed by atoms with Crippen LogP contribution in [0.15, 0.2) is 36.1 Å². The number of ether oxygens (including phenoxy) is 1. The van der Waals surface area contributed by atoms with Gasteiger partial charge in [0, 0.05) is 39.6 Å². The maximum Gasteiger partial charge on any atom is 0.410 e. The zero-order valence-electron chi connectivity index (χ0n) is 21.7. The van der Waals surface area contributed by atoms with Crippen LogP contribution >= 0.6 is 0 Å². The molecule has 0 spiro atoms. The molecular formula is C28H38N6O3. The van der Waals surface area contributed by atoms with E-state index in [-0.39, 0.29) is 25.6 Å². The van der Waals surface area contributed by atoms with E-state index in [0.717, 1.165) is 48.8 Å². The van der Waals surface area contributed by atoms with Crippen molar-refractivity contribution < 1.29 is 15.8 Å². The minimum Gasteiger partial charge on any atom is -0.446 e. The van der Waals surface area contributed by atoms with E-state index in [9.17, 15) is 9.59 Å². The Morgan fingerprint density at radius 2 is 2.00 bits per heavy atom. The number of hydrogen-bond donors (Lipinski definition) is 3. The van der Waals surface area contributed by atoms with Crippen molar-refractivity contribution in [1.82, 2.24) is 20.1 Å². The van der Waals surface area contributed by atoms with Gasteiger partial charge in [0.2, 0.25) is 0 Å². The van der Waals surface area contributed by atoms with Crippen molar-refractivity contribution in [2.24, 2.45) is 0 Å². The number of pyridine rings is 1. The summed E-state index contributed by atoms with van der Waals surface area (Å²) in [5.74, 6) is 0.505. The van der Waals surface area contributed by atoms with E-state index in [1.165, 1.54) is 0 Å². The van der Waals surface area contributed by atoms with Gasteiger partial charge >= 0.3 is 6.09 Å². The highest BCUT2D eigenvalue weighted by molar-refractivity contribution is 6.08. The number of amides is 2. The molecule has 1 aromatic heterocycles. The number of allylic oxidation sites excluding steroid dienone is 2. The van der Waals surface area contributed by atoms with E-state index >= 15 is 0 Å². The first-order valence-electron chi connectivity index (χ1n) is 13.3. The molecule has 3 N–H and O–H groups in total. The number of amidine groups is 2. The number of hydrogen-bond acceptors (Lipinski definition) is 6. The molecule has 3 heterocycles. The van der Waals surface area contributed by atoms with Crippen LogP contribution in [-0.2, 0) is 17.7 Å². The Labute approximate surface area is 219 Å². The maximum atomic E-state index is 13.3. The van der Waals surface area contributed by atoms with Crippen LogP contribution in [0.5, 0.6) is 0 Å². The summed E-state index contributed by atoms with van der Waals surface area (Å²) in [4.78, 5) is 33.8. The molecule has 1 saturated heterocycles. The van der Waals surface area contributed by atoms with Crippen molar-refractivity contribution in [3.8, 4) is 0 Å². The molecule has 4 aliphatic rings. The summed E-state index contributed by atoms with van der Waals surface area (Å²) < 4.78 is 5.68. The first-order chi connectivity index (χ1) is 17.7. The van der Waals surface area contributed by atoms with Gasteiger partial charge in [0.05, 0.1) is 5.54 Å². The van der Waals surface area contributed by atoms with Gasteiger partial charge in [-0.05, 0) is 75.1 Å². The molecule has 0 aromatic carbocycles. The van der Waals surface area contributed by atoms with Crippen molar-refractivity contribution in [3.63, 3.8) is 0 Å². The Hall–Kier alpha value is -3.49. The lowest BCUT2D eigenvalue weighted by atomic mass is 9.87. The van der Waals surface area contributed by atoms with Crippen LogP contribution in [0.1, 0.15) is 81.8 Å². The minimum atomic E-state index is -0.687. The van der Waals surface area contributed by atoms with Crippen LogP contribution in [0, 0.1) is 10.8 Å². The highest BCUT2D eigenvalue weighted by Gasteiger charge is 2.34. The van der Waals surface area contributed by atoms with Gasteiger partial charge in [-0.1, -0.05) is 18.2 Å². The van der Waals surface area contributed by atoms with Crippen molar-refractivity contribution in [1.29, 1.82) is 10.8 Å².